The van der Waals surface area contributed by atoms with Crippen LogP contribution in [0.4, 0.5) is 11.4 Å². The number of amides is 1. The van der Waals surface area contributed by atoms with E-state index in [0.717, 1.165) is 18.5 Å². The van der Waals surface area contributed by atoms with Gasteiger partial charge in [0.2, 0.25) is 5.91 Å². The number of nitrogens with two attached hydrogens (primary N) is 1. The van der Waals surface area contributed by atoms with Crippen LogP contribution in [-0.2, 0) is 9.53 Å². The van der Waals surface area contributed by atoms with Crippen LogP contribution in [0.5, 0.6) is 0 Å². The molecule has 0 saturated heterocycles. The van der Waals surface area contributed by atoms with Gasteiger partial charge >= 0.3 is 0 Å². The molecule has 1 unspecified atom stereocenters. The van der Waals surface area contributed by atoms with Gasteiger partial charge in [0.15, 0.2) is 0 Å². The third kappa shape index (κ3) is 6.58. The number of methoxy groups -OCH3 is 1. The highest BCUT2D eigenvalue weighted by atomic mass is 35.5. The molecule has 126 valence electrons. The molecule has 0 aliphatic heterocycles. The zero-order valence-electron chi connectivity index (χ0n) is 12.3. The Hall–Kier alpha value is -0.720. The molecule has 4 N–H and O–H groups in total. The molecule has 1 amide bonds. The topological polar surface area (TPSA) is 76.4 Å². The van der Waals surface area contributed by atoms with Crippen molar-refractivity contribution in [1.82, 2.24) is 0 Å². The molecular weight excluding hydrogens is 349 g/mol. The van der Waals surface area contributed by atoms with Crippen molar-refractivity contribution < 1.29 is 9.53 Å². The Morgan fingerprint density at radius 2 is 2.09 bits per heavy atom. The van der Waals surface area contributed by atoms with Gasteiger partial charge in [0, 0.05) is 24.7 Å². The number of ether oxygens (including phenoxy) is 1. The second kappa shape index (κ2) is 10.1. The third-order valence-electron chi connectivity index (χ3n) is 3.20. The molecule has 1 aliphatic carbocycles. The van der Waals surface area contributed by atoms with E-state index in [1.807, 2.05) is 6.07 Å². The summed E-state index contributed by atoms with van der Waals surface area (Å²) in [5.41, 5.74) is 7.11. The lowest BCUT2D eigenvalue weighted by Gasteiger charge is -2.15. The largest absolute Gasteiger partial charge is 0.381 e. The van der Waals surface area contributed by atoms with Gasteiger partial charge in [-0.2, -0.15) is 0 Å². The summed E-state index contributed by atoms with van der Waals surface area (Å²) in [5, 5.41) is 6.82. The number of benzene rings is 1. The van der Waals surface area contributed by atoms with E-state index in [1.165, 1.54) is 0 Å². The molecule has 2 rings (SSSR count). The summed E-state index contributed by atoms with van der Waals surface area (Å²) in [6, 6.07) is 5.93. The lowest BCUT2D eigenvalue weighted by atomic mass is 10.2. The van der Waals surface area contributed by atoms with Gasteiger partial charge in [-0.25, -0.2) is 0 Å². The molecule has 0 aromatic heterocycles. The molecule has 0 bridgehead atoms. The summed E-state index contributed by atoms with van der Waals surface area (Å²) in [4.78, 5) is 12.0. The van der Waals surface area contributed by atoms with Crippen LogP contribution in [-0.4, -0.2) is 31.7 Å². The summed E-state index contributed by atoms with van der Waals surface area (Å²) in [5.74, 6) is -0.136. The minimum absolute atomic E-state index is 0. The van der Waals surface area contributed by atoms with Crippen molar-refractivity contribution in [3.05, 3.63) is 23.2 Å². The van der Waals surface area contributed by atoms with Crippen molar-refractivity contribution in [2.24, 2.45) is 5.73 Å². The third-order valence-corrected chi connectivity index (χ3v) is 3.44. The van der Waals surface area contributed by atoms with Gasteiger partial charge in [0.1, 0.15) is 0 Å². The number of anilines is 2. The molecule has 0 radical (unpaired) electrons. The van der Waals surface area contributed by atoms with Crippen LogP contribution in [0.3, 0.4) is 0 Å². The zero-order valence-corrected chi connectivity index (χ0v) is 14.7. The number of hydrogen-bond acceptors (Lipinski definition) is 4. The van der Waals surface area contributed by atoms with Crippen LogP contribution in [0.2, 0.25) is 5.02 Å². The average molecular weight is 371 g/mol. The van der Waals surface area contributed by atoms with E-state index < -0.39 is 0 Å². The maximum atomic E-state index is 12.0. The molecule has 0 spiro atoms. The summed E-state index contributed by atoms with van der Waals surface area (Å²) in [6.07, 6.45) is 2.28. The van der Waals surface area contributed by atoms with Crippen molar-refractivity contribution >= 4 is 53.7 Å². The Balaban J connectivity index is 0.00000220. The molecule has 1 aliphatic rings. The predicted molar refractivity (Wildman–Crippen MR) is 95.7 cm³/mol. The van der Waals surface area contributed by atoms with Crippen LogP contribution in [0.1, 0.15) is 19.3 Å². The van der Waals surface area contributed by atoms with Gasteiger partial charge in [0.25, 0.3) is 0 Å². The first kappa shape index (κ1) is 21.3. The molecule has 8 heteroatoms. The molecular formula is C14H22Cl3N3O2. The van der Waals surface area contributed by atoms with Crippen LogP contribution in [0.15, 0.2) is 18.2 Å². The van der Waals surface area contributed by atoms with E-state index in [4.69, 9.17) is 22.1 Å². The SMILES string of the molecule is COC(CN)CC(=O)Nc1cc(Cl)ccc1NC1CC1.Cl.Cl. The van der Waals surface area contributed by atoms with Gasteiger partial charge in [0.05, 0.1) is 23.9 Å². The molecule has 1 saturated carbocycles. The lowest BCUT2D eigenvalue weighted by Crippen LogP contribution is -2.28. The summed E-state index contributed by atoms with van der Waals surface area (Å²) in [6.45, 7) is 0.312. The Labute approximate surface area is 148 Å². The van der Waals surface area contributed by atoms with Crippen LogP contribution < -0.4 is 16.4 Å². The second-order valence-corrected chi connectivity index (χ2v) is 5.39. The normalized spacial score (nSPS) is 14.3. The maximum Gasteiger partial charge on any atom is 0.227 e. The molecule has 1 aromatic rings. The van der Waals surface area contributed by atoms with E-state index in [2.05, 4.69) is 10.6 Å². The summed E-state index contributed by atoms with van der Waals surface area (Å²) < 4.78 is 5.11. The molecule has 1 atom stereocenters. The number of carbonyl (C=O) groups is 1. The van der Waals surface area contributed by atoms with Crippen LogP contribution in [0.25, 0.3) is 0 Å². The number of nitrogens with one attached hydrogen (secondary N) is 2. The van der Waals surface area contributed by atoms with Crippen LogP contribution >= 0.6 is 36.4 Å². The van der Waals surface area contributed by atoms with Crippen molar-refractivity contribution in [3.63, 3.8) is 0 Å². The average Bonchev–Trinajstić information content (AvgIpc) is 3.23. The number of halogens is 3. The van der Waals surface area contributed by atoms with E-state index in [0.29, 0.717) is 23.3 Å². The fourth-order valence-corrected chi connectivity index (χ4v) is 2.04. The van der Waals surface area contributed by atoms with Crippen LogP contribution in [0, 0.1) is 0 Å². The molecule has 5 nitrogen and oxygen atoms in total. The number of hydrogen-bond donors (Lipinski definition) is 3. The summed E-state index contributed by atoms with van der Waals surface area (Å²) in [7, 11) is 1.55. The Kier molecular flexibility index (Phi) is 9.80. The second-order valence-electron chi connectivity index (χ2n) is 4.95. The minimum Gasteiger partial charge on any atom is -0.381 e. The standard InChI is InChI=1S/C14H20ClN3O2.2ClH/c1-20-11(8-16)7-14(19)18-13-6-9(15)2-5-12(13)17-10-3-4-10;;/h2,5-6,10-11,17H,3-4,7-8,16H2,1H3,(H,18,19);2*1H. The van der Waals surface area contributed by atoms with E-state index in [9.17, 15) is 4.79 Å². The summed E-state index contributed by atoms with van der Waals surface area (Å²) >= 11 is 5.99. The Morgan fingerprint density at radius 3 is 2.64 bits per heavy atom. The number of rotatable bonds is 7. The predicted octanol–water partition coefficient (Wildman–Crippen LogP) is 3.06. The number of carbonyl (C=O) groups excluding carboxylic acids is 1. The highest BCUT2D eigenvalue weighted by molar-refractivity contribution is 6.31. The van der Waals surface area contributed by atoms with Gasteiger partial charge in [-0.3, -0.25) is 4.79 Å². The van der Waals surface area contributed by atoms with Gasteiger partial charge in [-0.1, -0.05) is 11.6 Å². The monoisotopic (exact) mass is 369 g/mol. The maximum absolute atomic E-state index is 12.0. The van der Waals surface area contributed by atoms with Gasteiger partial charge in [-0.05, 0) is 31.0 Å². The first-order valence-corrected chi connectivity index (χ1v) is 7.09. The zero-order chi connectivity index (χ0) is 14.5. The van der Waals surface area contributed by atoms with Crippen molar-refractivity contribution in [2.75, 3.05) is 24.3 Å². The molecule has 22 heavy (non-hydrogen) atoms. The van der Waals surface area contributed by atoms with Gasteiger partial charge < -0.3 is 21.1 Å². The molecule has 1 fully saturated rings. The highest BCUT2D eigenvalue weighted by Crippen LogP contribution is 2.31. The fraction of sp³-hybridized carbons (Fsp3) is 0.500. The fourth-order valence-electron chi connectivity index (χ4n) is 1.86. The molecule has 0 heterocycles. The quantitative estimate of drug-likeness (QED) is 0.689. The van der Waals surface area contributed by atoms with E-state index in [-0.39, 0.29) is 43.2 Å². The smallest absolute Gasteiger partial charge is 0.227 e. The Morgan fingerprint density at radius 1 is 1.41 bits per heavy atom. The Bertz CT molecular complexity index is 480. The lowest BCUT2D eigenvalue weighted by molar-refractivity contribution is -0.118. The van der Waals surface area contributed by atoms with Gasteiger partial charge in [-0.15, -0.1) is 24.8 Å². The highest BCUT2D eigenvalue weighted by Gasteiger charge is 2.22. The van der Waals surface area contributed by atoms with Crippen molar-refractivity contribution in [3.8, 4) is 0 Å². The van der Waals surface area contributed by atoms with E-state index in [1.54, 1.807) is 19.2 Å². The molecule has 1 aromatic carbocycles. The first-order chi connectivity index (χ1) is 9.62. The van der Waals surface area contributed by atoms with Crippen molar-refractivity contribution in [1.29, 1.82) is 0 Å². The van der Waals surface area contributed by atoms with Crippen molar-refractivity contribution in [2.45, 2.75) is 31.4 Å². The van der Waals surface area contributed by atoms with E-state index >= 15 is 0 Å². The first-order valence-electron chi connectivity index (χ1n) is 6.71. The minimum atomic E-state index is -0.269.